The molecule has 1 aromatic heterocycles. The standard InChI is InChI=1S/C13H21N3O2/c1-10(2)8-16-12(5-6-14-16)11-4-3-7-15(11)9-13(17)18/h5-6,10-11H,3-4,7-9H2,1-2H3,(H,17,18)/t11-/m0/s1. The van der Waals surface area contributed by atoms with Crippen LogP contribution in [0.15, 0.2) is 12.3 Å². The molecule has 0 saturated carbocycles. The number of carboxylic acid groups (broad SMARTS) is 1. The first-order valence-electron chi connectivity index (χ1n) is 6.55. The molecule has 1 fully saturated rings. The van der Waals surface area contributed by atoms with Crippen molar-refractivity contribution in [2.24, 2.45) is 5.92 Å². The SMILES string of the molecule is CC(C)Cn1nccc1[C@@H]1CCCN1CC(=O)O. The molecule has 1 atom stereocenters. The number of rotatable bonds is 5. The lowest BCUT2D eigenvalue weighted by molar-refractivity contribution is -0.138. The Morgan fingerprint density at radius 2 is 2.39 bits per heavy atom. The Morgan fingerprint density at radius 1 is 1.61 bits per heavy atom. The van der Waals surface area contributed by atoms with Crippen LogP contribution in [-0.4, -0.2) is 38.8 Å². The van der Waals surface area contributed by atoms with Crippen molar-refractivity contribution in [1.82, 2.24) is 14.7 Å². The van der Waals surface area contributed by atoms with Gasteiger partial charge in [-0.25, -0.2) is 0 Å². The molecule has 0 spiro atoms. The van der Waals surface area contributed by atoms with Crippen LogP contribution in [0.1, 0.15) is 38.4 Å². The van der Waals surface area contributed by atoms with E-state index in [0.29, 0.717) is 5.92 Å². The maximum Gasteiger partial charge on any atom is 0.317 e. The van der Waals surface area contributed by atoms with E-state index in [1.54, 1.807) is 0 Å². The molecule has 18 heavy (non-hydrogen) atoms. The van der Waals surface area contributed by atoms with Crippen LogP contribution in [0.3, 0.4) is 0 Å². The number of likely N-dealkylation sites (tertiary alicyclic amines) is 1. The second-order valence-corrected chi connectivity index (χ2v) is 5.35. The van der Waals surface area contributed by atoms with Gasteiger partial charge < -0.3 is 5.11 Å². The Kier molecular flexibility index (Phi) is 4.01. The summed E-state index contributed by atoms with van der Waals surface area (Å²) in [6.07, 6.45) is 3.90. The van der Waals surface area contributed by atoms with E-state index in [4.69, 9.17) is 5.11 Å². The molecular weight excluding hydrogens is 230 g/mol. The molecule has 0 aromatic carbocycles. The van der Waals surface area contributed by atoms with E-state index in [9.17, 15) is 4.79 Å². The second kappa shape index (κ2) is 5.52. The molecule has 1 N–H and O–H groups in total. The molecule has 2 rings (SSSR count). The van der Waals surface area contributed by atoms with Gasteiger partial charge in [-0.3, -0.25) is 14.4 Å². The van der Waals surface area contributed by atoms with Gasteiger partial charge in [-0.2, -0.15) is 5.10 Å². The first-order chi connectivity index (χ1) is 8.58. The molecule has 0 amide bonds. The number of carbonyl (C=O) groups is 1. The van der Waals surface area contributed by atoms with E-state index >= 15 is 0 Å². The highest BCUT2D eigenvalue weighted by Crippen LogP contribution is 2.31. The molecule has 0 radical (unpaired) electrons. The minimum Gasteiger partial charge on any atom is -0.480 e. The quantitative estimate of drug-likeness (QED) is 0.866. The van der Waals surface area contributed by atoms with E-state index in [0.717, 1.165) is 31.6 Å². The van der Waals surface area contributed by atoms with Crippen LogP contribution in [0.25, 0.3) is 0 Å². The topological polar surface area (TPSA) is 58.4 Å². The summed E-state index contributed by atoms with van der Waals surface area (Å²) in [5, 5.41) is 13.3. The van der Waals surface area contributed by atoms with E-state index < -0.39 is 5.97 Å². The Morgan fingerprint density at radius 3 is 3.06 bits per heavy atom. The molecule has 5 nitrogen and oxygen atoms in total. The van der Waals surface area contributed by atoms with Gasteiger partial charge >= 0.3 is 5.97 Å². The predicted molar refractivity (Wildman–Crippen MR) is 68.2 cm³/mol. The van der Waals surface area contributed by atoms with E-state index in [1.165, 1.54) is 0 Å². The number of hydrogen-bond acceptors (Lipinski definition) is 3. The summed E-state index contributed by atoms with van der Waals surface area (Å²) in [6, 6.07) is 2.23. The zero-order valence-electron chi connectivity index (χ0n) is 11.0. The summed E-state index contributed by atoms with van der Waals surface area (Å²) >= 11 is 0. The van der Waals surface area contributed by atoms with Crippen molar-refractivity contribution in [1.29, 1.82) is 0 Å². The maximum absolute atomic E-state index is 10.9. The van der Waals surface area contributed by atoms with E-state index in [1.807, 2.05) is 21.8 Å². The minimum absolute atomic E-state index is 0.123. The van der Waals surface area contributed by atoms with Crippen molar-refractivity contribution in [3.63, 3.8) is 0 Å². The lowest BCUT2D eigenvalue weighted by Gasteiger charge is -2.23. The number of nitrogens with zero attached hydrogens (tertiary/aromatic N) is 3. The molecule has 1 aliphatic heterocycles. The van der Waals surface area contributed by atoms with Gasteiger partial charge in [-0.05, 0) is 31.4 Å². The Labute approximate surface area is 107 Å². The van der Waals surface area contributed by atoms with Gasteiger partial charge in [0.2, 0.25) is 0 Å². The first-order valence-corrected chi connectivity index (χ1v) is 6.55. The van der Waals surface area contributed by atoms with Gasteiger partial charge in [0.25, 0.3) is 0 Å². The van der Waals surface area contributed by atoms with Crippen LogP contribution < -0.4 is 0 Å². The van der Waals surface area contributed by atoms with E-state index in [2.05, 4.69) is 18.9 Å². The number of carboxylic acids is 1. The van der Waals surface area contributed by atoms with Crippen molar-refractivity contribution in [3.05, 3.63) is 18.0 Å². The molecule has 0 aliphatic carbocycles. The lowest BCUT2D eigenvalue weighted by Crippen LogP contribution is -2.30. The summed E-state index contributed by atoms with van der Waals surface area (Å²) in [5.41, 5.74) is 1.16. The monoisotopic (exact) mass is 251 g/mol. The third-order valence-corrected chi connectivity index (χ3v) is 3.33. The molecular formula is C13H21N3O2. The summed E-state index contributed by atoms with van der Waals surface area (Å²) in [4.78, 5) is 12.9. The number of hydrogen-bond donors (Lipinski definition) is 1. The first kappa shape index (κ1) is 13.1. The molecule has 1 aromatic rings. The van der Waals surface area contributed by atoms with Gasteiger partial charge in [0, 0.05) is 12.7 Å². The van der Waals surface area contributed by atoms with Gasteiger partial charge in [-0.1, -0.05) is 13.8 Å². The van der Waals surface area contributed by atoms with E-state index in [-0.39, 0.29) is 12.6 Å². The van der Waals surface area contributed by atoms with Crippen molar-refractivity contribution in [2.75, 3.05) is 13.1 Å². The maximum atomic E-state index is 10.9. The predicted octanol–water partition coefficient (Wildman–Crippen LogP) is 1.76. The summed E-state index contributed by atoms with van der Waals surface area (Å²) in [7, 11) is 0. The summed E-state index contributed by atoms with van der Waals surface area (Å²) in [5.74, 6) is -0.213. The van der Waals surface area contributed by atoms with Gasteiger partial charge in [0.05, 0.1) is 18.3 Å². The van der Waals surface area contributed by atoms with Crippen molar-refractivity contribution >= 4 is 5.97 Å². The fourth-order valence-electron chi connectivity index (χ4n) is 2.65. The molecule has 0 bridgehead atoms. The highest BCUT2D eigenvalue weighted by Gasteiger charge is 2.29. The highest BCUT2D eigenvalue weighted by molar-refractivity contribution is 5.69. The molecule has 1 aliphatic rings. The van der Waals surface area contributed by atoms with Crippen LogP contribution in [0.2, 0.25) is 0 Å². The van der Waals surface area contributed by atoms with Gasteiger partial charge in [0.15, 0.2) is 0 Å². The third kappa shape index (κ3) is 2.90. The van der Waals surface area contributed by atoms with Crippen LogP contribution in [0.4, 0.5) is 0 Å². The minimum atomic E-state index is -0.753. The summed E-state index contributed by atoms with van der Waals surface area (Å²) < 4.78 is 2.02. The van der Waals surface area contributed by atoms with Crippen molar-refractivity contribution < 1.29 is 9.90 Å². The molecule has 5 heteroatoms. The zero-order valence-corrected chi connectivity index (χ0v) is 11.0. The van der Waals surface area contributed by atoms with Crippen molar-refractivity contribution in [2.45, 2.75) is 39.3 Å². The Hall–Kier alpha value is -1.36. The smallest absolute Gasteiger partial charge is 0.317 e. The zero-order chi connectivity index (χ0) is 13.1. The van der Waals surface area contributed by atoms with Gasteiger partial charge in [-0.15, -0.1) is 0 Å². The summed E-state index contributed by atoms with van der Waals surface area (Å²) in [6.45, 7) is 6.20. The molecule has 1 saturated heterocycles. The fraction of sp³-hybridized carbons (Fsp3) is 0.692. The Bertz CT molecular complexity index is 414. The molecule has 100 valence electrons. The third-order valence-electron chi connectivity index (χ3n) is 3.33. The highest BCUT2D eigenvalue weighted by atomic mass is 16.4. The normalized spacial score (nSPS) is 20.7. The lowest BCUT2D eigenvalue weighted by atomic mass is 10.1. The Balaban J connectivity index is 2.14. The van der Waals surface area contributed by atoms with Crippen LogP contribution in [-0.2, 0) is 11.3 Å². The largest absolute Gasteiger partial charge is 0.480 e. The average Bonchev–Trinajstić information content (AvgIpc) is 2.85. The molecule has 0 unspecified atom stereocenters. The van der Waals surface area contributed by atoms with Crippen LogP contribution >= 0.6 is 0 Å². The molecule has 2 heterocycles. The van der Waals surface area contributed by atoms with Crippen molar-refractivity contribution in [3.8, 4) is 0 Å². The number of aliphatic carboxylic acids is 1. The average molecular weight is 251 g/mol. The second-order valence-electron chi connectivity index (χ2n) is 5.35. The van der Waals surface area contributed by atoms with Gasteiger partial charge in [0.1, 0.15) is 0 Å². The fourth-order valence-corrected chi connectivity index (χ4v) is 2.65. The van der Waals surface area contributed by atoms with Crippen LogP contribution in [0.5, 0.6) is 0 Å². The number of aromatic nitrogens is 2. The van der Waals surface area contributed by atoms with Crippen LogP contribution in [0, 0.1) is 5.92 Å².